The van der Waals surface area contributed by atoms with Crippen molar-refractivity contribution in [1.82, 2.24) is 19.2 Å². The summed E-state index contributed by atoms with van der Waals surface area (Å²) in [5.41, 5.74) is 2.83. The van der Waals surface area contributed by atoms with Gasteiger partial charge in [0.05, 0.1) is 41.7 Å². The van der Waals surface area contributed by atoms with E-state index >= 15 is 0 Å². The molecule has 1 fully saturated rings. The first-order valence-corrected chi connectivity index (χ1v) is 13.8. The monoisotopic (exact) mass is 496 g/mol. The van der Waals surface area contributed by atoms with Gasteiger partial charge >= 0.3 is 0 Å². The van der Waals surface area contributed by atoms with Crippen LogP contribution in [0.3, 0.4) is 0 Å². The third-order valence-electron chi connectivity index (χ3n) is 6.15. The van der Waals surface area contributed by atoms with Gasteiger partial charge in [-0.15, -0.1) is 11.3 Å². The number of aromatic nitrogens is 2. The van der Waals surface area contributed by atoms with Crippen LogP contribution in [0.15, 0.2) is 70.9 Å². The minimum absolute atomic E-state index is 0.0589. The van der Waals surface area contributed by atoms with Crippen molar-refractivity contribution in [2.75, 3.05) is 26.3 Å². The molecule has 5 rings (SSSR count). The number of nitrogens with one attached hydrogen (secondary N) is 1. The lowest BCUT2D eigenvalue weighted by Crippen LogP contribution is -2.40. The van der Waals surface area contributed by atoms with Gasteiger partial charge in [0.1, 0.15) is 5.82 Å². The minimum Gasteiger partial charge on any atom is -0.379 e. The average molecular weight is 497 g/mol. The maximum atomic E-state index is 13.1. The van der Waals surface area contributed by atoms with Crippen LogP contribution in [0.4, 0.5) is 0 Å². The molecule has 0 spiro atoms. The molecule has 178 valence electrons. The number of hydrogen-bond donors (Lipinski definition) is 1. The fraction of sp³-hybridized carbons (Fsp3) is 0.320. The Balaban J connectivity index is 1.44. The summed E-state index contributed by atoms with van der Waals surface area (Å²) in [5, 5.41) is 5.76. The van der Waals surface area contributed by atoms with E-state index in [1.54, 1.807) is 23.5 Å². The predicted molar refractivity (Wildman–Crippen MR) is 134 cm³/mol. The first-order chi connectivity index (χ1) is 16.6. The second kappa shape index (κ2) is 9.97. The van der Waals surface area contributed by atoms with Gasteiger partial charge in [-0.2, -0.15) is 4.31 Å². The van der Waals surface area contributed by atoms with Gasteiger partial charge < -0.3 is 9.30 Å². The molecule has 1 aliphatic rings. The SMILES string of the molecule is CCn1c(CN[C@@H](c2ccccc2)c2cccs2)nc2cc(S(=O)(=O)N3CCOCC3)ccc21. The lowest BCUT2D eigenvalue weighted by atomic mass is 10.1. The Hall–Kier alpha value is -2.56. The smallest absolute Gasteiger partial charge is 0.243 e. The van der Waals surface area contributed by atoms with Crippen molar-refractivity contribution in [3.63, 3.8) is 0 Å². The quantitative estimate of drug-likeness (QED) is 0.399. The molecule has 7 nitrogen and oxygen atoms in total. The van der Waals surface area contributed by atoms with Crippen molar-refractivity contribution >= 4 is 32.4 Å². The van der Waals surface area contributed by atoms with Gasteiger partial charge in [0.25, 0.3) is 0 Å². The molecule has 1 aliphatic heterocycles. The summed E-state index contributed by atoms with van der Waals surface area (Å²) in [6.07, 6.45) is 0. The number of ether oxygens (including phenoxy) is 1. The largest absolute Gasteiger partial charge is 0.379 e. The molecule has 34 heavy (non-hydrogen) atoms. The van der Waals surface area contributed by atoms with Crippen molar-refractivity contribution in [1.29, 1.82) is 0 Å². The van der Waals surface area contributed by atoms with E-state index < -0.39 is 10.0 Å². The number of aryl methyl sites for hydroxylation is 1. The maximum absolute atomic E-state index is 13.1. The molecule has 1 atom stereocenters. The number of morpholine rings is 1. The third-order valence-corrected chi connectivity index (χ3v) is 8.98. The summed E-state index contributed by atoms with van der Waals surface area (Å²) >= 11 is 1.72. The van der Waals surface area contributed by atoms with E-state index in [0.29, 0.717) is 38.4 Å². The van der Waals surface area contributed by atoms with Gasteiger partial charge in [0, 0.05) is 24.5 Å². The van der Waals surface area contributed by atoms with Crippen molar-refractivity contribution in [3.05, 3.63) is 82.3 Å². The van der Waals surface area contributed by atoms with Crippen molar-refractivity contribution in [3.8, 4) is 0 Å². The van der Waals surface area contributed by atoms with Crippen LogP contribution in [0.2, 0.25) is 0 Å². The number of fused-ring (bicyclic) bond motifs is 1. The molecule has 0 bridgehead atoms. The molecule has 4 aromatic rings. The maximum Gasteiger partial charge on any atom is 0.243 e. The Bertz CT molecular complexity index is 1350. The number of thiophene rings is 1. The van der Waals surface area contributed by atoms with Crippen LogP contribution in [-0.2, 0) is 27.8 Å². The second-order valence-electron chi connectivity index (χ2n) is 8.18. The zero-order valence-corrected chi connectivity index (χ0v) is 20.7. The first kappa shape index (κ1) is 23.2. The highest BCUT2D eigenvalue weighted by Crippen LogP contribution is 2.27. The molecular formula is C25H28N4O3S2. The molecule has 9 heteroatoms. The molecule has 0 saturated carbocycles. The summed E-state index contributed by atoms with van der Waals surface area (Å²) in [5.74, 6) is 0.885. The van der Waals surface area contributed by atoms with Crippen LogP contribution >= 0.6 is 11.3 Å². The molecule has 0 aliphatic carbocycles. The van der Waals surface area contributed by atoms with Gasteiger partial charge in [-0.3, -0.25) is 5.32 Å². The highest BCUT2D eigenvalue weighted by atomic mass is 32.2. The molecule has 1 saturated heterocycles. The lowest BCUT2D eigenvalue weighted by molar-refractivity contribution is 0.0730. The van der Waals surface area contributed by atoms with Gasteiger partial charge in [-0.05, 0) is 42.1 Å². The molecule has 0 amide bonds. The van der Waals surface area contributed by atoms with Crippen molar-refractivity contribution in [2.45, 2.75) is 31.0 Å². The van der Waals surface area contributed by atoms with E-state index in [9.17, 15) is 8.42 Å². The van der Waals surface area contributed by atoms with E-state index in [2.05, 4.69) is 58.6 Å². The Morgan fingerprint density at radius 1 is 1.09 bits per heavy atom. The fourth-order valence-electron chi connectivity index (χ4n) is 4.42. The number of sulfonamides is 1. The minimum atomic E-state index is -3.57. The molecule has 0 radical (unpaired) electrons. The third kappa shape index (κ3) is 4.54. The van der Waals surface area contributed by atoms with E-state index in [-0.39, 0.29) is 10.9 Å². The topological polar surface area (TPSA) is 76.5 Å². The average Bonchev–Trinajstić information content (AvgIpc) is 3.53. The molecule has 0 unspecified atom stereocenters. The highest BCUT2D eigenvalue weighted by molar-refractivity contribution is 7.89. The molecule has 1 N–H and O–H groups in total. The van der Waals surface area contributed by atoms with Gasteiger partial charge in [-0.25, -0.2) is 13.4 Å². The van der Waals surface area contributed by atoms with Crippen molar-refractivity contribution in [2.24, 2.45) is 0 Å². The van der Waals surface area contributed by atoms with Crippen LogP contribution in [0, 0.1) is 0 Å². The Morgan fingerprint density at radius 3 is 2.59 bits per heavy atom. The summed E-state index contributed by atoms with van der Waals surface area (Å²) in [6.45, 7) is 4.99. The number of nitrogens with zero attached hydrogens (tertiary/aromatic N) is 3. The normalized spacial score (nSPS) is 16.1. The zero-order chi connectivity index (χ0) is 23.5. The summed E-state index contributed by atoms with van der Waals surface area (Å²) in [7, 11) is -3.57. The number of rotatable bonds is 8. The number of hydrogen-bond acceptors (Lipinski definition) is 6. The Kier molecular flexibility index (Phi) is 6.80. The first-order valence-electron chi connectivity index (χ1n) is 11.5. The van der Waals surface area contributed by atoms with Gasteiger partial charge in [-0.1, -0.05) is 36.4 Å². The molecule has 2 aromatic heterocycles. The van der Waals surface area contributed by atoms with E-state index in [0.717, 1.165) is 17.9 Å². The van der Waals surface area contributed by atoms with Crippen LogP contribution in [0.1, 0.15) is 29.2 Å². The molecule has 3 heterocycles. The number of imidazole rings is 1. The van der Waals surface area contributed by atoms with Crippen molar-refractivity contribution < 1.29 is 13.2 Å². The second-order valence-corrected chi connectivity index (χ2v) is 11.1. The predicted octanol–water partition coefficient (Wildman–Crippen LogP) is 4.02. The fourth-order valence-corrected chi connectivity index (χ4v) is 6.68. The Morgan fingerprint density at radius 2 is 1.88 bits per heavy atom. The van der Waals surface area contributed by atoms with E-state index in [4.69, 9.17) is 9.72 Å². The van der Waals surface area contributed by atoms with E-state index in [1.807, 2.05) is 12.1 Å². The number of benzene rings is 2. The molecule has 2 aromatic carbocycles. The van der Waals surface area contributed by atoms with E-state index in [1.165, 1.54) is 14.7 Å². The summed E-state index contributed by atoms with van der Waals surface area (Å²) < 4.78 is 35.2. The summed E-state index contributed by atoms with van der Waals surface area (Å²) in [4.78, 5) is 6.37. The lowest BCUT2D eigenvalue weighted by Gasteiger charge is -2.26. The van der Waals surface area contributed by atoms with Crippen LogP contribution < -0.4 is 5.32 Å². The molecular weight excluding hydrogens is 468 g/mol. The Labute approximate surface area is 204 Å². The van der Waals surface area contributed by atoms with Crippen LogP contribution in [0.5, 0.6) is 0 Å². The van der Waals surface area contributed by atoms with Gasteiger partial charge in [0.15, 0.2) is 0 Å². The van der Waals surface area contributed by atoms with Crippen LogP contribution in [-0.4, -0.2) is 48.6 Å². The van der Waals surface area contributed by atoms with Crippen LogP contribution in [0.25, 0.3) is 11.0 Å². The standard InChI is InChI=1S/C25H28N4O3S2/c1-2-29-22-11-10-20(34(30,31)28-12-14-32-15-13-28)17-21(22)27-24(29)18-26-25(23-9-6-16-33-23)19-7-4-3-5-8-19/h3-11,16-17,25-26H,2,12-15,18H2,1H3/t25-/m0/s1. The highest BCUT2D eigenvalue weighted by Gasteiger charge is 2.27. The zero-order valence-electron chi connectivity index (χ0n) is 19.1. The summed E-state index contributed by atoms with van der Waals surface area (Å²) in [6, 6.07) is 19.9. The van der Waals surface area contributed by atoms with Gasteiger partial charge in [0.2, 0.25) is 10.0 Å².